The standard InChI is InChI=1S/C40H80NO8PS/c1-5-6-7-8-9-10-11-13-16-19-22-25-28-31-39(42)46-36-38(37-48-50(44,45)47-34-33-41(2,3)4)49-40(43)32-29-26-23-20-17-14-12-15-18-21-24-27-30-35-51/h38H,5-37H2,1-4H3,(H-,44,45,51)/p+1/t38-/m1/s1. The van der Waals surface area contributed by atoms with Gasteiger partial charge in [-0.1, -0.05) is 155 Å². The van der Waals surface area contributed by atoms with Gasteiger partial charge in [-0.2, -0.15) is 12.6 Å². The number of rotatable bonds is 39. The number of nitrogens with zero attached hydrogens (tertiary/aromatic N) is 1. The van der Waals surface area contributed by atoms with Crippen molar-refractivity contribution >= 4 is 32.4 Å². The Morgan fingerprint density at radius 3 is 1.39 bits per heavy atom. The van der Waals surface area contributed by atoms with Crippen LogP contribution in [0.15, 0.2) is 0 Å². The van der Waals surface area contributed by atoms with Crippen molar-refractivity contribution in [1.29, 1.82) is 0 Å². The third kappa shape index (κ3) is 38.9. The van der Waals surface area contributed by atoms with Gasteiger partial charge in [0.15, 0.2) is 6.10 Å². The second-order valence-electron chi connectivity index (χ2n) is 15.5. The Hall–Kier alpha value is -0.640. The van der Waals surface area contributed by atoms with Crippen molar-refractivity contribution in [3.8, 4) is 0 Å². The molecule has 304 valence electrons. The van der Waals surface area contributed by atoms with Crippen LogP contribution in [0.3, 0.4) is 0 Å². The highest BCUT2D eigenvalue weighted by molar-refractivity contribution is 7.80. The first-order valence-electron chi connectivity index (χ1n) is 20.9. The average Bonchev–Trinajstić information content (AvgIpc) is 3.07. The first kappa shape index (κ1) is 50.4. The number of esters is 2. The molecule has 1 unspecified atom stereocenters. The van der Waals surface area contributed by atoms with Crippen molar-refractivity contribution in [1.82, 2.24) is 0 Å². The van der Waals surface area contributed by atoms with E-state index >= 15 is 0 Å². The van der Waals surface area contributed by atoms with Crippen molar-refractivity contribution in [2.45, 2.75) is 193 Å². The number of phosphoric acid groups is 1. The Labute approximate surface area is 319 Å². The lowest BCUT2D eigenvalue weighted by atomic mass is 10.0. The molecule has 0 aliphatic heterocycles. The number of phosphoric ester groups is 1. The molecule has 0 bridgehead atoms. The van der Waals surface area contributed by atoms with Crippen LogP contribution in [-0.4, -0.2) is 80.7 Å². The Kier molecular flexibility index (Phi) is 34.6. The molecule has 0 radical (unpaired) electrons. The van der Waals surface area contributed by atoms with Crippen LogP contribution in [0.25, 0.3) is 0 Å². The summed E-state index contributed by atoms with van der Waals surface area (Å²) >= 11 is 4.27. The molecule has 11 heteroatoms. The summed E-state index contributed by atoms with van der Waals surface area (Å²) in [7, 11) is 1.48. The molecule has 1 N–H and O–H groups in total. The Balaban J connectivity index is 4.35. The monoisotopic (exact) mass is 767 g/mol. The molecule has 0 saturated heterocycles. The van der Waals surface area contributed by atoms with E-state index in [1.54, 1.807) is 0 Å². The highest BCUT2D eigenvalue weighted by Gasteiger charge is 2.27. The van der Waals surface area contributed by atoms with Crippen LogP contribution in [0, 0.1) is 0 Å². The van der Waals surface area contributed by atoms with E-state index in [0.717, 1.165) is 37.9 Å². The highest BCUT2D eigenvalue weighted by Crippen LogP contribution is 2.43. The summed E-state index contributed by atoms with van der Waals surface area (Å²) < 4.78 is 34.2. The molecule has 0 saturated carbocycles. The van der Waals surface area contributed by atoms with E-state index in [4.69, 9.17) is 18.5 Å². The van der Waals surface area contributed by atoms with Crippen molar-refractivity contribution in [2.75, 3.05) is 53.3 Å². The normalized spacial score (nSPS) is 13.6. The van der Waals surface area contributed by atoms with Gasteiger partial charge in [-0.3, -0.25) is 18.6 Å². The lowest BCUT2D eigenvalue weighted by molar-refractivity contribution is -0.870. The molecule has 0 aromatic rings. The Bertz CT molecular complexity index is 857. The van der Waals surface area contributed by atoms with E-state index < -0.39 is 26.5 Å². The second kappa shape index (κ2) is 35.1. The Morgan fingerprint density at radius 2 is 0.980 bits per heavy atom. The molecule has 0 amide bonds. The first-order chi connectivity index (χ1) is 24.5. The number of carbonyl (C=O) groups excluding carboxylic acids is 2. The fourth-order valence-corrected chi connectivity index (χ4v) is 6.84. The first-order valence-corrected chi connectivity index (χ1v) is 23.0. The second-order valence-corrected chi connectivity index (χ2v) is 17.4. The summed E-state index contributed by atoms with van der Waals surface area (Å²) in [6.07, 6.45) is 31.1. The third-order valence-electron chi connectivity index (χ3n) is 9.19. The zero-order valence-electron chi connectivity index (χ0n) is 33.6. The largest absolute Gasteiger partial charge is 0.472 e. The lowest BCUT2D eigenvalue weighted by Gasteiger charge is -2.24. The van der Waals surface area contributed by atoms with Gasteiger partial charge in [-0.15, -0.1) is 0 Å². The van der Waals surface area contributed by atoms with Gasteiger partial charge in [0.1, 0.15) is 19.8 Å². The molecular formula is C40H81NO8PS+. The van der Waals surface area contributed by atoms with E-state index in [-0.39, 0.29) is 25.6 Å². The number of quaternary nitrogens is 1. The van der Waals surface area contributed by atoms with Gasteiger partial charge in [0, 0.05) is 12.8 Å². The minimum Gasteiger partial charge on any atom is -0.462 e. The van der Waals surface area contributed by atoms with E-state index in [2.05, 4.69) is 19.6 Å². The minimum absolute atomic E-state index is 0.0346. The van der Waals surface area contributed by atoms with E-state index in [0.29, 0.717) is 23.9 Å². The smallest absolute Gasteiger partial charge is 0.462 e. The van der Waals surface area contributed by atoms with Crippen molar-refractivity contribution in [2.24, 2.45) is 0 Å². The third-order valence-corrected chi connectivity index (χ3v) is 10.5. The van der Waals surface area contributed by atoms with Gasteiger partial charge < -0.3 is 18.9 Å². The van der Waals surface area contributed by atoms with Crippen molar-refractivity contribution < 1.29 is 42.1 Å². The van der Waals surface area contributed by atoms with E-state index in [1.165, 1.54) is 128 Å². The maximum Gasteiger partial charge on any atom is 0.472 e. The molecule has 0 spiro atoms. The number of hydrogen-bond donors (Lipinski definition) is 2. The molecule has 51 heavy (non-hydrogen) atoms. The number of unbranched alkanes of at least 4 members (excludes halogenated alkanes) is 24. The number of hydrogen-bond acceptors (Lipinski definition) is 8. The fraction of sp³-hybridized carbons (Fsp3) is 0.950. The highest BCUT2D eigenvalue weighted by atomic mass is 32.1. The predicted octanol–water partition coefficient (Wildman–Crippen LogP) is 11.2. The topological polar surface area (TPSA) is 108 Å². The predicted molar refractivity (Wildman–Crippen MR) is 214 cm³/mol. The van der Waals surface area contributed by atoms with Crippen molar-refractivity contribution in [3.63, 3.8) is 0 Å². The molecule has 0 aromatic carbocycles. The summed E-state index contributed by atoms with van der Waals surface area (Å²) in [5.41, 5.74) is 0. The van der Waals surface area contributed by atoms with Crippen LogP contribution in [0.2, 0.25) is 0 Å². The van der Waals surface area contributed by atoms with Gasteiger partial charge in [-0.05, 0) is 25.0 Å². The SMILES string of the molecule is CCCCCCCCCCCCCCCC(=O)OC[C@H](COP(=O)(O)OCC[N+](C)(C)C)OC(=O)CCCCCCCCCCCCCCCS. The van der Waals surface area contributed by atoms with Crippen LogP contribution < -0.4 is 0 Å². The molecule has 0 aromatic heterocycles. The van der Waals surface area contributed by atoms with Crippen LogP contribution in [0.5, 0.6) is 0 Å². The lowest BCUT2D eigenvalue weighted by Crippen LogP contribution is -2.37. The maximum absolute atomic E-state index is 12.6. The number of likely N-dealkylation sites (N-methyl/N-ethyl adjacent to an activating group) is 1. The van der Waals surface area contributed by atoms with Crippen molar-refractivity contribution in [3.05, 3.63) is 0 Å². The molecule has 9 nitrogen and oxygen atoms in total. The summed E-state index contributed by atoms with van der Waals surface area (Å²) in [5.74, 6) is 0.203. The van der Waals surface area contributed by atoms with E-state index in [9.17, 15) is 19.0 Å². The van der Waals surface area contributed by atoms with Crippen LogP contribution in [0.1, 0.15) is 187 Å². The molecule has 0 aliphatic carbocycles. The van der Waals surface area contributed by atoms with Gasteiger partial charge >= 0.3 is 19.8 Å². The minimum atomic E-state index is -4.36. The molecule has 2 atom stereocenters. The van der Waals surface area contributed by atoms with Crippen LogP contribution in [0.4, 0.5) is 0 Å². The van der Waals surface area contributed by atoms with Crippen LogP contribution >= 0.6 is 20.5 Å². The quantitative estimate of drug-likeness (QED) is 0.0209. The molecule has 0 fully saturated rings. The summed E-state index contributed by atoms with van der Waals surface area (Å²) in [6.45, 7) is 2.18. The van der Waals surface area contributed by atoms with Gasteiger partial charge in [0.25, 0.3) is 0 Å². The fourth-order valence-electron chi connectivity index (χ4n) is 5.88. The molecule has 0 heterocycles. The molecule has 0 rings (SSSR count). The van der Waals surface area contributed by atoms with Crippen LogP contribution in [-0.2, 0) is 32.7 Å². The van der Waals surface area contributed by atoms with Gasteiger partial charge in [-0.25, -0.2) is 4.57 Å². The molecular weight excluding hydrogens is 685 g/mol. The zero-order chi connectivity index (χ0) is 37.9. The molecule has 0 aliphatic rings. The summed E-state index contributed by atoms with van der Waals surface area (Å²) in [5, 5.41) is 0. The summed E-state index contributed by atoms with van der Waals surface area (Å²) in [4.78, 5) is 35.3. The Morgan fingerprint density at radius 1 is 0.588 bits per heavy atom. The van der Waals surface area contributed by atoms with E-state index in [1.807, 2.05) is 21.1 Å². The number of carbonyl (C=O) groups is 2. The summed E-state index contributed by atoms with van der Waals surface area (Å²) in [6, 6.07) is 0. The number of thiol groups is 1. The maximum atomic E-state index is 12.6. The zero-order valence-corrected chi connectivity index (χ0v) is 35.3. The van der Waals surface area contributed by atoms with Gasteiger partial charge in [0.2, 0.25) is 0 Å². The number of ether oxygens (including phenoxy) is 2. The average molecular weight is 767 g/mol. The van der Waals surface area contributed by atoms with Gasteiger partial charge in [0.05, 0.1) is 27.7 Å².